The molecule has 1 aromatic heterocycles. The van der Waals surface area contributed by atoms with Crippen LogP contribution in [0.1, 0.15) is 11.3 Å². The smallest absolute Gasteiger partial charge is 0.258 e. The molecule has 13 heavy (non-hydrogen) atoms. The number of nitrogens with zero attached hydrogens (tertiary/aromatic N) is 1. The van der Waals surface area contributed by atoms with E-state index in [2.05, 4.69) is 23.1 Å². The van der Waals surface area contributed by atoms with E-state index in [0.29, 0.717) is 11.3 Å². The number of rotatable bonds is 3. The maximum atomic E-state index is 11.3. The van der Waals surface area contributed by atoms with E-state index >= 15 is 0 Å². The number of allylic oxidation sites excluding steroid dienone is 2. The van der Waals surface area contributed by atoms with Gasteiger partial charge in [0.1, 0.15) is 0 Å². The molecule has 0 amide bonds. The van der Waals surface area contributed by atoms with Gasteiger partial charge >= 0.3 is 0 Å². The summed E-state index contributed by atoms with van der Waals surface area (Å²) in [6.07, 6.45) is 7.82. The standard InChI is InChI=1S/C10H10N2O/c1-3-5-6-8-9(4-2)11-7-12-10(8)13/h3-7H,1-2H2,(H,11,12,13). The molecule has 66 valence electrons. The van der Waals surface area contributed by atoms with E-state index in [1.54, 1.807) is 18.2 Å². The lowest BCUT2D eigenvalue weighted by molar-refractivity contribution is 1.09. The van der Waals surface area contributed by atoms with Crippen molar-refractivity contribution in [1.82, 2.24) is 9.97 Å². The molecule has 0 aliphatic heterocycles. The minimum atomic E-state index is -0.178. The van der Waals surface area contributed by atoms with Gasteiger partial charge in [0.25, 0.3) is 5.56 Å². The molecule has 0 bridgehead atoms. The molecule has 0 unspecified atom stereocenters. The van der Waals surface area contributed by atoms with Crippen LogP contribution in [-0.2, 0) is 0 Å². The van der Waals surface area contributed by atoms with Gasteiger partial charge in [-0.15, -0.1) is 0 Å². The largest absolute Gasteiger partial charge is 0.313 e. The van der Waals surface area contributed by atoms with Crippen molar-refractivity contribution in [2.75, 3.05) is 0 Å². The maximum absolute atomic E-state index is 11.3. The highest BCUT2D eigenvalue weighted by Crippen LogP contribution is 2.02. The van der Waals surface area contributed by atoms with Crippen molar-refractivity contribution in [1.29, 1.82) is 0 Å². The third-order valence-electron chi connectivity index (χ3n) is 1.51. The van der Waals surface area contributed by atoms with E-state index in [9.17, 15) is 4.79 Å². The molecule has 3 heteroatoms. The fourth-order valence-electron chi connectivity index (χ4n) is 0.912. The molecule has 1 rings (SSSR count). The molecule has 0 radical (unpaired) electrons. The van der Waals surface area contributed by atoms with Crippen LogP contribution in [0.4, 0.5) is 0 Å². The van der Waals surface area contributed by atoms with Gasteiger partial charge in [0.2, 0.25) is 0 Å². The topological polar surface area (TPSA) is 45.8 Å². The molecule has 0 spiro atoms. The number of aromatic nitrogens is 2. The third kappa shape index (κ3) is 2.02. The molecule has 0 aliphatic carbocycles. The molecular formula is C10H10N2O. The predicted molar refractivity (Wildman–Crippen MR) is 54.2 cm³/mol. The Morgan fingerprint density at radius 3 is 2.85 bits per heavy atom. The van der Waals surface area contributed by atoms with Crippen molar-refractivity contribution >= 4 is 12.2 Å². The van der Waals surface area contributed by atoms with Gasteiger partial charge in [-0.2, -0.15) is 0 Å². The summed E-state index contributed by atoms with van der Waals surface area (Å²) in [5.41, 5.74) is 0.891. The molecule has 0 aliphatic rings. The zero-order valence-electron chi connectivity index (χ0n) is 7.16. The Morgan fingerprint density at radius 2 is 2.23 bits per heavy atom. The Balaban J connectivity index is 3.30. The van der Waals surface area contributed by atoms with E-state index < -0.39 is 0 Å². The second-order valence-electron chi connectivity index (χ2n) is 2.33. The first kappa shape index (κ1) is 9.19. The quantitative estimate of drug-likeness (QED) is 0.707. The number of hydrogen-bond acceptors (Lipinski definition) is 2. The highest BCUT2D eigenvalue weighted by atomic mass is 16.1. The Bertz CT molecular complexity index is 402. The summed E-state index contributed by atoms with van der Waals surface area (Å²) in [7, 11) is 0. The number of H-pyrrole nitrogens is 1. The Kier molecular flexibility index (Phi) is 2.97. The zero-order valence-corrected chi connectivity index (χ0v) is 7.16. The van der Waals surface area contributed by atoms with E-state index in [0.717, 1.165) is 0 Å². The Morgan fingerprint density at radius 1 is 1.46 bits per heavy atom. The van der Waals surface area contributed by atoms with Crippen LogP contribution < -0.4 is 5.56 Å². The first-order chi connectivity index (χ1) is 6.29. The lowest BCUT2D eigenvalue weighted by Crippen LogP contribution is -2.11. The van der Waals surface area contributed by atoms with Crippen LogP contribution >= 0.6 is 0 Å². The number of nitrogens with one attached hydrogen (secondary N) is 1. The highest BCUT2D eigenvalue weighted by molar-refractivity contribution is 5.60. The van der Waals surface area contributed by atoms with Crippen LogP contribution in [0.25, 0.3) is 12.2 Å². The average molecular weight is 174 g/mol. The van der Waals surface area contributed by atoms with Crippen molar-refractivity contribution in [2.24, 2.45) is 0 Å². The summed E-state index contributed by atoms with van der Waals surface area (Å²) in [6.45, 7) is 7.08. The minimum absolute atomic E-state index is 0.178. The third-order valence-corrected chi connectivity index (χ3v) is 1.51. The van der Waals surface area contributed by atoms with Crippen LogP contribution in [0.15, 0.2) is 36.4 Å². The highest BCUT2D eigenvalue weighted by Gasteiger charge is 1.99. The van der Waals surface area contributed by atoms with Gasteiger partial charge in [-0.05, 0) is 12.2 Å². The number of hydrogen-bond donors (Lipinski definition) is 1. The molecule has 1 heterocycles. The van der Waals surface area contributed by atoms with Gasteiger partial charge in [0.05, 0.1) is 17.6 Å². The first-order valence-corrected chi connectivity index (χ1v) is 3.79. The molecule has 1 aromatic rings. The molecule has 1 N–H and O–H groups in total. The molecule has 0 atom stereocenters. The van der Waals surface area contributed by atoms with Gasteiger partial charge in [0.15, 0.2) is 0 Å². The van der Waals surface area contributed by atoms with Crippen LogP contribution in [0.5, 0.6) is 0 Å². The van der Waals surface area contributed by atoms with Crippen molar-refractivity contribution in [3.63, 3.8) is 0 Å². The predicted octanol–water partition coefficient (Wildman–Crippen LogP) is 1.61. The molecule has 0 saturated heterocycles. The summed E-state index contributed by atoms with van der Waals surface area (Å²) in [4.78, 5) is 17.7. The Hall–Kier alpha value is -1.90. The van der Waals surface area contributed by atoms with Crippen LogP contribution in [0.3, 0.4) is 0 Å². The minimum Gasteiger partial charge on any atom is -0.313 e. The summed E-state index contributed by atoms with van der Waals surface area (Å²) >= 11 is 0. The van der Waals surface area contributed by atoms with Crippen LogP contribution in [-0.4, -0.2) is 9.97 Å². The Labute approximate surface area is 76.2 Å². The normalized spacial score (nSPS) is 10.2. The molecule has 0 saturated carbocycles. The lowest BCUT2D eigenvalue weighted by atomic mass is 10.2. The number of aromatic amines is 1. The molecule has 0 aromatic carbocycles. The van der Waals surface area contributed by atoms with Crippen LogP contribution in [0, 0.1) is 0 Å². The molecule has 0 fully saturated rings. The summed E-state index contributed by atoms with van der Waals surface area (Å²) in [5.74, 6) is 0. The van der Waals surface area contributed by atoms with Gasteiger partial charge in [-0.1, -0.05) is 25.3 Å². The van der Waals surface area contributed by atoms with Crippen molar-refractivity contribution < 1.29 is 0 Å². The monoisotopic (exact) mass is 174 g/mol. The fourth-order valence-corrected chi connectivity index (χ4v) is 0.912. The van der Waals surface area contributed by atoms with Crippen molar-refractivity contribution in [2.45, 2.75) is 0 Å². The zero-order chi connectivity index (χ0) is 9.68. The average Bonchev–Trinajstić information content (AvgIpc) is 2.15. The van der Waals surface area contributed by atoms with E-state index in [1.807, 2.05) is 0 Å². The van der Waals surface area contributed by atoms with Gasteiger partial charge in [-0.3, -0.25) is 4.79 Å². The SMILES string of the molecule is C=CC=Cc1c(C=C)nc[nH]c1=O. The van der Waals surface area contributed by atoms with Gasteiger partial charge in [-0.25, -0.2) is 4.98 Å². The molecule has 3 nitrogen and oxygen atoms in total. The van der Waals surface area contributed by atoms with Crippen molar-refractivity contribution in [3.05, 3.63) is 53.2 Å². The summed E-state index contributed by atoms with van der Waals surface area (Å²) < 4.78 is 0. The van der Waals surface area contributed by atoms with E-state index in [1.165, 1.54) is 12.4 Å². The van der Waals surface area contributed by atoms with Crippen molar-refractivity contribution in [3.8, 4) is 0 Å². The maximum Gasteiger partial charge on any atom is 0.258 e. The summed E-state index contributed by atoms with van der Waals surface area (Å²) in [6, 6.07) is 0. The first-order valence-electron chi connectivity index (χ1n) is 3.79. The van der Waals surface area contributed by atoms with E-state index in [4.69, 9.17) is 0 Å². The summed E-state index contributed by atoms with van der Waals surface area (Å²) in [5, 5.41) is 0. The fraction of sp³-hybridized carbons (Fsp3) is 0. The second kappa shape index (κ2) is 4.21. The second-order valence-corrected chi connectivity index (χ2v) is 2.33. The van der Waals surface area contributed by atoms with Crippen LogP contribution in [0.2, 0.25) is 0 Å². The van der Waals surface area contributed by atoms with E-state index in [-0.39, 0.29) is 5.56 Å². The van der Waals surface area contributed by atoms with Gasteiger partial charge in [0, 0.05) is 0 Å². The lowest BCUT2D eigenvalue weighted by Gasteiger charge is -1.95. The molecular weight excluding hydrogens is 164 g/mol. The van der Waals surface area contributed by atoms with Gasteiger partial charge < -0.3 is 4.98 Å².